The summed E-state index contributed by atoms with van der Waals surface area (Å²) in [7, 11) is 0. The molecule has 0 spiro atoms. The number of amides is 3. The molecule has 3 N–H and O–H groups in total. The van der Waals surface area contributed by atoms with E-state index in [4.69, 9.17) is 16.3 Å². The van der Waals surface area contributed by atoms with Gasteiger partial charge in [-0.15, -0.1) is 0 Å². The molecule has 0 radical (unpaired) electrons. The first-order chi connectivity index (χ1) is 13.7. The molecule has 1 atom stereocenters. The third-order valence-corrected chi connectivity index (χ3v) is 4.61. The van der Waals surface area contributed by atoms with Crippen LogP contribution in [-0.2, 0) is 9.59 Å². The minimum atomic E-state index is -0.861. The number of benzene rings is 2. The van der Waals surface area contributed by atoms with Crippen LogP contribution in [0.5, 0.6) is 5.75 Å². The van der Waals surface area contributed by atoms with Crippen molar-refractivity contribution in [2.45, 2.75) is 19.9 Å². The SMILES string of the molecule is CC(C)C(NC(=O)c1ccc(F)cc1)C(=O)Nc1cc2c(cc1Cl)NC(=O)CO2. The minimum absolute atomic E-state index is 0.135. The Labute approximate surface area is 171 Å². The van der Waals surface area contributed by atoms with E-state index < -0.39 is 23.7 Å². The Hall–Kier alpha value is -3.13. The number of hydrogen-bond acceptors (Lipinski definition) is 4. The normalized spacial score (nSPS) is 13.8. The van der Waals surface area contributed by atoms with Gasteiger partial charge in [0.25, 0.3) is 11.8 Å². The summed E-state index contributed by atoms with van der Waals surface area (Å²) in [6, 6.07) is 7.15. The van der Waals surface area contributed by atoms with Gasteiger partial charge in [0.15, 0.2) is 6.61 Å². The molecular formula is C20H19ClFN3O4. The fraction of sp³-hybridized carbons (Fsp3) is 0.250. The first kappa shape index (κ1) is 20.6. The molecule has 1 unspecified atom stereocenters. The van der Waals surface area contributed by atoms with Gasteiger partial charge in [-0.05, 0) is 36.2 Å². The van der Waals surface area contributed by atoms with Gasteiger partial charge < -0.3 is 20.7 Å². The summed E-state index contributed by atoms with van der Waals surface area (Å²) >= 11 is 6.21. The van der Waals surface area contributed by atoms with E-state index in [1.807, 2.05) is 0 Å². The van der Waals surface area contributed by atoms with Crippen molar-refractivity contribution in [1.82, 2.24) is 5.32 Å². The molecule has 0 saturated carbocycles. The zero-order valence-electron chi connectivity index (χ0n) is 15.7. The van der Waals surface area contributed by atoms with E-state index in [9.17, 15) is 18.8 Å². The predicted molar refractivity (Wildman–Crippen MR) is 107 cm³/mol. The van der Waals surface area contributed by atoms with E-state index in [-0.39, 0.29) is 34.7 Å². The number of fused-ring (bicyclic) bond motifs is 1. The van der Waals surface area contributed by atoms with Gasteiger partial charge in [0.2, 0.25) is 5.91 Å². The Morgan fingerprint density at radius 1 is 1.21 bits per heavy atom. The lowest BCUT2D eigenvalue weighted by atomic mass is 10.0. The second-order valence-corrected chi connectivity index (χ2v) is 7.26. The van der Waals surface area contributed by atoms with Gasteiger partial charge >= 0.3 is 0 Å². The highest BCUT2D eigenvalue weighted by Crippen LogP contribution is 2.36. The van der Waals surface area contributed by atoms with E-state index in [1.165, 1.54) is 36.4 Å². The van der Waals surface area contributed by atoms with Crippen LogP contribution < -0.4 is 20.7 Å². The van der Waals surface area contributed by atoms with E-state index >= 15 is 0 Å². The molecule has 0 aromatic heterocycles. The molecule has 0 bridgehead atoms. The Balaban J connectivity index is 1.75. The van der Waals surface area contributed by atoms with E-state index in [2.05, 4.69) is 16.0 Å². The van der Waals surface area contributed by atoms with Crippen molar-refractivity contribution >= 4 is 40.7 Å². The maximum atomic E-state index is 13.0. The highest BCUT2D eigenvalue weighted by Gasteiger charge is 2.26. The number of nitrogens with one attached hydrogen (secondary N) is 3. The Morgan fingerprint density at radius 3 is 2.55 bits per heavy atom. The topological polar surface area (TPSA) is 96.5 Å². The summed E-state index contributed by atoms with van der Waals surface area (Å²) in [6.45, 7) is 3.43. The summed E-state index contributed by atoms with van der Waals surface area (Å²) in [5, 5.41) is 8.17. The summed E-state index contributed by atoms with van der Waals surface area (Å²) in [5.74, 6) is -1.58. The third kappa shape index (κ3) is 4.83. The molecule has 3 amide bonds. The lowest BCUT2D eigenvalue weighted by Crippen LogP contribution is -2.47. The molecule has 0 aliphatic carbocycles. The van der Waals surface area contributed by atoms with Crippen LogP contribution in [-0.4, -0.2) is 30.4 Å². The monoisotopic (exact) mass is 419 g/mol. The van der Waals surface area contributed by atoms with Crippen LogP contribution in [0.1, 0.15) is 24.2 Å². The molecule has 7 nitrogen and oxygen atoms in total. The standard InChI is InChI=1S/C20H19ClFN3O4/c1-10(2)18(25-19(27)11-3-5-12(22)6-4-11)20(28)24-14-8-16-15(7-13(14)21)23-17(26)9-29-16/h3-8,10,18H,9H2,1-2H3,(H,23,26)(H,24,28)(H,25,27). The van der Waals surface area contributed by atoms with Crippen LogP contribution in [0.2, 0.25) is 5.02 Å². The molecule has 2 aromatic carbocycles. The lowest BCUT2D eigenvalue weighted by Gasteiger charge is -2.23. The fourth-order valence-electron chi connectivity index (χ4n) is 2.77. The van der Waals surface area contributed by atoms with Gasteiger partial charge in [0.05, 0.1) is 16.4 Å². The molecule has 9 heteroatoms. The van der Waals surface area contributed by atoms with Crippen LogP contribution in [0, 0.1) is 11.7 Å². The Kier molecular flexibility index (Phi) is 6.03. The third-order valence-electron chi connectivity index (χ3n) is 4.30. The molecule has 2 aromatic rings. The Bertz CT molecular complexity index is 963. The molecule has 3 rings (SSSR count). The molecular weight excluding hydrogens is 401 g/mol. The summed E-state index contributed by atoms with van der Waals surface area (Å²) in [6.07, 6.45) is 0. The van der Waals surface area contributed by atoms with Gasteiger partial charge in [0.1, 0.15) is 17.6 Å². The minimum Gasteiger partial charge on any atom is -0.482 e. The molecule has 1 aliphatic heterocycles. The maximum Gasteiger partial charge on any atom is 0.262 e. The van der Waals surface area contributed by atoms with Crippen molar-refractivity contribution < 1.29 is 23.5 Å². The molecule has 29 heavy (non-hydrogen) atoms. The van der Waals surface area contributed by atoms with Gasteiger partial charge in [-0.3, -0.25) is 14.4 Å². The lowest BCUT2D eigenvalue weighted by molar-refractivity contribution is -0.119. The fourth-order valence-corrected chi connectivity index (χ4v) is 2.98. The maximum absolute atomic E-state index is 13.0. The summed E-state index contributed by atoms with van der Waals surface area (Å²) in [5.41, 5.74) is 0.934. The van der Waals surface area contributed by atoms with E-state index in [0.29, 0.717) is 11.4 Å². The quantitative estimate of drug-likeness (QED) is 0.693. The zero-order chi connectivity index (χ0) is 21.1. The van der Waals surface area contributed by atoms with Gasteiger partial charge in [-0.2, -0.15) is 0 Å². The zero-order valence-corrected chi connectivity index (χ0v) is 16.5. The number of rotatable bonds is 5. The second kappa shape index (κ2) is 8.48. The van der Waals surface area contributed by atoms with Gasteiger partial charge in [0, 0.05) is 11.6 Å². The number of carbonyl (C=O) groups is 3. The highest BCUT2D eigenvalue weighted by molar-refractivity contribution is 6.34. The molecule has 152 valence electrons. The van der Waals surface area contributed by atoms with Gasteiger partial charge in [-0.25, -0.2) is 4.39 Å². The smallest absolute Gasteiger partial charge is 0.262 e. The van der Waals surface area contributed by atoms with Crippen molar-refractivity contribution in [2.24, 2.45) is 5.92 Å². The number of halogens is 2. The molecule has 0 saturated heterocycles. The largest absolute Gasteiger partial charge is 0.482 e. The van der Waals surface area contributed by atoms with Crippen molar-refractivity contribution in [3.05, 3.63) is 52.8 Å². The van der Waals surface area contributed by atoms with Crippen LogP contribution in [0.4, 0.5) is 15.8 Å². The first-order valence-electron chi connectivity index (χ1n) is 8.88. The van der Waals surface area contributed by atoms with E-state index in [0.717, 1.165) is 0 Å². The first-order valence-corrected chi connectivity index (χ1v) is 9.26. The molecule has 1 aliphatic rings. The van der Waals surface area contributed by atoms with Crippen LogP contribution >= 0.6 is 11.6 Å². The average Bonchev–Trinajstić information content (AvgIpc) is 2.66. The second-order valence-electron chi connectivity index (χ2n) is 6.86. The number of carbonyl (C=O) groups excluding carboxylic acids is 3. The van der Waals surface area contributed by atoms with Crippen LogP contribution in [0.3, 0.4) is 0 Å². The number of ether oxygens (including phenoxy) is 1. The van der Waals surface area contributed by atoms with Crippen molar-refractivity contribution in [3.63, 3.8) is 0 Å². The summed E-state index contributed by atoms with van der Waals surface area (Å²) in [4.78, 5) is 36.6. The number of hydrogen-bond donors (Lipinski definition) is 3. The van der Waals surface area contributed by atoms with Crippen molar-refractivity contribution in [3.8, 4) is 5.75 Å². The number of anilines is 2. The average molecular weight is 420 g/mol. The van der Waals surface area contributed by atoms with E-state index in [1.54, 1.807) is 13.8 Å². The highest BCUT2D eigenvalue weighted by atomic mass is 35.5. The molecule has 1 heterocycles. The van der Waals surface area contributed by atoms with Gasteiger partial charge in [-0.1, -0.05) is 25.4 Å². The van der Waals surface area contributed by atoms with Crippen LogP contribution in [0.25, 0.3) is 0 Å². The predicted octanol–water partition coefficient (Wildman–Crippen LogP) is 3.20. The Morgan fingerprint density at radius 2 is 1.90 bits per heavy atom. The van der Waals surface area contributed by atoms with Crippen molar-refractivity contribution in [1.29, 1.82) is 0 Å². The summed E-state index contributed by atoms with van der Waals surface area (Å²) < 4.78 is 18.4. The van der Waals surface area contributed by atoms with Crippen molar-refractivity contribution in [2.75, 3.05) is 17.2 Å². The van der Waals surface area contributed by atoms with Crippen LogP contribution in [0.15, 0.2) is 36.4 Å². The molecule has 0 fully saturated rings.